The first-order valence-electron chi connectivity index (χ1n) is 0.885. The van der Waals surface area contributed by atoms with Crippen molar-refractivity contribution < 1.29 is 8.96 Å². The molecule has 0 rings (SSSR count). The van der Waals surface area contributed by atoms with Crippen molar-refractivity contribution in [1.82, 2.24) is 5.34 Å². The summed E-state index contributed by atoms with van der Waals surface area (Å²) >= 11 is 0. The molecule has 0 aliphatic carbocycles. The Balaban J connectivity index is 2.83. The summed E-state index contributed by atoms with van der Waals surface area (Å²) in [7, 11) is 0. The third kappa shape index (κ3) is 3.33. The van der Waals surface area contributed by atoms with Crippen LogP contribution < -0.4 is 0 Å². The fraction of sp³-hybridized carbons (Fsp3) is 0. The van der Waals surface area contributed by atoms with Gasteiger partial charge in [0.2, 0.25) is 0 Å². The van der Waals surface area contributed by atoms with Gasteiger partial charge in [-0.2, -0.15) is 0 Å². The van der Waals surface area contributed by atoms with E-state index in [4.69, 9.17) is 5.41 Å². The van der Waals surface area contributed by atoms with Gasteiger partial charge in [0, 0.05) is 0 Å². The van der Waals surface area contributed by atoms with E-state index in [0.29, 0.717) is 0 Å². The predicted molar refractivity (Wildman–Crippen MR) is 12.8 cm³/mol. The minimum Gasteiger partial charge on any atom is -0.287 e. The molecule has 0 aromatic heterocycles. The lowest BCUT2D eigenvalue weighted by Crippen LogP contribution is -1.90. The van der Waals surface area contributed by atoms with E-state index in [0.717, 1.165) is 0 Å². The summed E-state index contributed by atoms with van der Waals surface area (Å²) in [6.07, 6.45) is -0.0833. The summed E-state index contributed by atoms with van der Waals surface area (Å²) in [6.45, 7) is 0. The second-order valence-electron chi connectivity index (χ2n) is 0.388. The van der Waals surface area contributed by atoms with Crippen molar-refractivity contribution >= 4 is 6.34 Å². The van der Waals surface area contributed by atoms with Crippen molar-refractivity contribution in [3.63, 3.8) is 0 Å². The lowest BCUT2D eigenvalue weighted by molar-refractivity contribution is -0.0680. The molecule has 4 heteroatoms. The Morgan fingerprint density at radius 1 is 1.60 bits per heavy atom. The van der Waals surface area contributed by atoms with Gasteiger partial charge in [-0.3, -0.25) is 5.41 Å². The average Bonchev–Trinajstić information content (AvgIpc) is 1.38. The lowest BCUT2D eigenvalue weighted by Gasteiger charge is -1.80. The van der Waals surface area contributed by atoms with Gasteiger partial charge in [-0.05, 0) is 5.34 Å². The van der Waals surface area contributed by atoms with Crippen LogP contribution in [0.15, 0.2) is 0 Å². The van der Waals surface area contributed by atoms with E-state index >= 15 is 0 Å². The molecule has 0 atom stereocenters. The van der Waals surface area contributed by atoms with Gasteiger partial charge in [-0.15, -0.1) is 0 Å². The van der Waals surface area contributed by atoms with Crippen molar-refractivity contribution in [3.8, 4) is 0 Å². The van der Waals surface area contributed by atoms with Gasteiger partial charge in [-0.25, -0.2) is 0 Å². The molecule has 0 bridgehead atoms. The van der Waals surface area contributed by atoms with Crippen LogP contribution >= 0.6 is 0 Å². The zero-order valence-corrected chi connectivity index (χ0v) is 2.28. The number of hydrogen-bond donors (Lipinski definition) is 1. The number of nitrogens with one attached hydrogen (secondary N) is 1. The summed E-state index contributed by atoms with van der Waals surface area (Å²) in [5, 5.41) is 4.38. The number of rotatable bonds is 1. The summed E-state index contributed by atoms with van der Waals surface area (Å²) in [4.78, 5) is 0. The second-order valence-corrected chi connectivity index (χ2v) is 0.388. The maximum atomic E-state index is 10.4. The molecule has 2 nitrogen and oxygen atoms in total. The first-order chi connectivity index (χ1) is 2.27. The van der Waals surface area contributed by atoms with E-state index in [9.17, 15) is 8.96 Å². The second kappa shape index (κ2) is 1.63. The van der Waals surface area contributed by atoms with Crippen LogP contribution in [0.3, 0.4) is 0 Å². The van der Waals surface area contributed by atoms with Crippen LogP contribution in [0.4, 0.5) is 8.96 Å². The molecule has 1 N–H and O–H groups in total. The van der Waals surface area contributed by atoms with Crippen LogP contribution in [0.5, 0.6) is 0 Å². The molecule has 30 valence electrons. The normalized spacial score (nSPS) is 6.80. The minimum absolute atomic E-state index is 0.0833. The van der Waals surface area contributed by atoms with Gasteiger partial charge in [0.25, 0.3) is 0 Å². The first-order valence-corrected chi connectivity index (χ1v) is 0.885. The van der Waals surface area contributed by atoms with Crippen LogP contribution in [0.25, 0.3) is 0 Å². The minimum atomic E-state index is -1.33. The number of nitrogens with zero attached hydrogens (tertiary/aromatic N) is 1. The fourth-order valence-electron chi connectivity index (χ4n) is 0. The van der Waals surface area contributed by atoms with Gasteiger partial charge in [0.1, 0.15) is 6.34 Å². The largest absolute Gasteiger partial charge is 0.287 e. The van der Waals surface area contributed by atoms with E-state index in [1.54, 1.807) is 0 Å². The molecule has 0 heterocycles. The van der Waals surface area contributed by atoms with Gasteiger partial charge in [-0.1, -0.05) is 8.96 Å². The molecule has 0 amide bonds. The summed E-state index contributed by atoms with van der Waals surface area (Å²) in [5.41, 5.74) is 0. The molecule has 0 aromatic carbocycles. The van der Waals surface area contributed by atoms with Crippen LogP contribution in [0, 0.1) is 5.41 Å². The van der Waals surface area contributed by atoms with E-state index in [2.05, 4.69) is 0 Å². The zero-order chi connectivity index (χ0) is 4.28. The third-order valence-electron chi connectivity index (χ3n) is 0.0976. The van der Waals surface area contributed by atoms with E-state index < -0.39 is 5.34 Å². The highest BCUT2D eigenvalue weighted by molar-refractivity contribution is 5.46. The van der Waals surface area contributed by atoms with E-state index in [-0.39, 0.29) is 6.34 Å². The van der Waals surface area contributed by atoms with Gasteiger partial charge >= 0.3 is 0 Å². The number of halogens is 2. The molecular weight excluding hydrogens is 78.0 g/mol. The highest BCUT2D eigenvalue weighted by Crippen LogP contribution is 1.76. The SMILES string of the molecule is N=CN(F)F. The monoisotopic (exact) mass is 80.0 g/mol. The average molecular weight is 80.0 g/mol. The van der Waals surface area contributed by atoms with Crippen molar-refractivity contribution in [2.75, 3.05) is 0 Å². The van der Waals surface area contributed by atoms with Crippen molar-refractivity contribution in [2.45, 2.75) is 0 Å². The number of hydrogen-bond acceptors (Lipinski definition) is 1. The molecule has 0 saturated carbocycles. The highest BCUT2D eigenvalue weighted by Gasteiger charge is 1.78. The molecule has 0 saturated heterocycles. The topological polar surface area (TPSA) is 27.1 Å². The Kier molecular flexibility index (Phi) is 1.41. The summed E-state index contributed by atoms with van der Waals surface area (Å²) < 4.78 is 20.7. The van der Waals surface area contributed by atoms with Gasteiger partial charge in [0.05, 0.1) is 0 Å². The smallest absolute Gasteiger partial charge is 0.149 e. The van der Waals surface area contributed by atoms with Gasteiger partial charge < -0.3 is 0 Å². The molecule has 0 radical (unpaired) electrons. The fourth-order valence-corrected chi connectivity index (χ4v) is 0. The van der Waals surface area contributed by atoms with Crippen molar-refractivity contribution in [3.05, 3.63) is 0 Å². The first kappa shape index (κ1) is 4.33. The van der Waals surface area contributed by atoms with E-state index in [1.165, 1.54) is 0 Å². The van der Waals surface area contributed by atoms with Crippen LogP contribution in [0.2, 0.25) is 0 Å². The molecule has 0 aromatic rings. The molecule has 0 spiro atoms. The Labute approximate surface area is 27.4 Å². The van der Waals surface area contributed by atoms with Crippen LogP contribution in [0.1, 0.15) is 0 Å². The molecule has 0 unspecified atom stereocenters. The Morgan fingerprint density at radius 3 is 1.80 bits per heavy atom. The predicted octanol–water partition coefficient (Wildman–Crippen LogP) is 0.664. The lowest BCUT2D eigenvalue weighted by atomic mass is 11.4. The Bertz CT molecular complexity index is 34.6. The molecule has 0 aliphatic heterocycles. The quantitative estimate of drug-likeness (QED) is 0.279. The van der Waals surface area contributed by atoms with Gasteiger partial charge in [0.15, 0.2) is 0 Å². The van der Waals surface area contributed by atoms with Crippen molar-refractivity contribution in [2.24, 2.45) is 0 Å². The van der Waals surface area contributed by atoms with E-state index in [1.807, 2.05) is 0 Å². The van der Waals surface area contributed by atoms with Crippen molar-refractivity contribution in [1.29, 1.82) is 5.41 Å². The molecular formula is CH2F2N2. The highest BCUT2D eigenvalue weighted by atomic mass is 19.4. The molecule has 0 aliphatic rings. The zero-order valence-electron chi connectivity index (χ0n) is 2.28. The molecule has 5 heavy (non-hydrogen) atoms. The van der Waals surface area contributed by atoms with Crippen LogP contribution in [-0.2, 0) is 0 Å². The Morgan fingerprint density at radius 2 is 1.80 bits per heavy atom. The Hall–Kier alpha value is -0.670. The summed E-state index contributed by atoms with van der Waals surface area (Å²) in [5.74, 6) is 0. The maximum Gasteiger partial charge on any atom is 0.149 e. The maximum absolute atomic E-state index is 10.4. The summed E-state index contributed by atoms with van der Waals surface area (Å²) in [6, 6.07) is 0. The third-order valence-corrected chi connectivity index (χ3v) is 0.0976. The standard InChI is InChI=1S/CH2F2N2/c2-5(3)1-4/h1,4H. The molecule has 0 fully saturated rings. The van der Waals surface area contributed by atoms with Crippen LogP contribution in [-0.4, -0.2) is 11.7 Å².